The second-order valence-corrected chi connectivity index (χ2v) is 6.57. The highest BCUT2D eigenvalue weighted by Gasteiger charge is 2.20. The Hall–Kier alpha value is -2.46. The third kappa shape index (κ3) is 4.34. The van der Waals surface area contributed by atoms with Gasteiger partial charge < -0.3 is 14.5 Å². The molecule has 0 saturated heterocycles. The van der Waals surface area contributed by atoms with E-state index in [1.807, 2.05) is 6.07 Å². The van der Waals surface area contributed by atoms with Crippen LogP contribution in [0.4, 0.5) is 0 Å². The van der Waals surface area contributed by atoms with Gasteiger partial charge in [-0.3, -0.25) is 4.79 Å². The molecule has 0 amide bonds. The Bertz CT molecular complexity index is 840. The van der Waals surface area contributed by atoms with E-state index in [2.05, 4.69) is 23.8 Å². The predicted octanol–water partition coefficient (Wildman–Crippen LogP) is 3.46. The summed E-state index contributed by atoms with van der Waals surface area (Å²) >= 11 is 1.30. The van der Waals surface area contributed by atoms with Crippen LogP contribution in [0.3, 0.4) is 0 Å². The molecule has 0 radical (unpaired) electrons. The zero-order chi connectivity index (χ0) is 18.4. The first-order chi connectivity index (χ1) is 12.0. The summed E-state index contributed by atoms with van der Waals surface area (Å²) in [6, 6.07) is 7.28. The van der Waals surface area contributed by atoms with E-state index in [-0.39, 0.29) is 5.56 Å². The fraction of sp³-hybridized carbons (Fsp3) is 0.389. The van der Waals surface area contributed by atoms with E-state index in [1.54, 1.807) is 31.6 Å². The maximum atomic E-state index is 12.2. The second kappa shape index (κ2) is 8.58. The maximum absolute atomic E-state index is 12.2. The molecule has 25 heavy (non-hydrogen) atoms. The standard InChI is InChI=1S/C18H21N3O3S/c1-11(2)8-9-24-16-12(6-5-7-14(16)23-3)15-13(10-19)17(22)21-18(20-15)25-4/h5-7,11H,8-9H2,1-4H3,(H,20,21,22). The summed E-state index contributed by atoms with van der Waals surface area (Å²) < 4.78 is 11.3. The largest absolute Gasteiger partial charge is 0.493 e. The number of aromatic amines is 1. The number of benzene rings is 1. The molecule has 2 aromatic rings. The molecular weight excluding hydrogens is 338 g/mol. The highest BCUT2D eigenvalue weighted by molar-refractivity contribution is 7.98. The van der Waals surface area contributed by atoms with Gasteiger partial charge in [0.25, 0.3) is 5.56 Å². The molecule has 132 valence electrons. The van der Waals surface area contributed by atoms with E-state index in [4.69, 9.17) is 9.47 Å². The van der Waals surface area contributed by atoms with Gasteiger partial charge in [-0.05, 0) is 30.7 Å². The normalized spacial score (nSPS) is 10.6. The summed E-state index contributed by atoms with van der Waals surface area (Å²) in [6.45, 7) is 4.73. The van der Waals surface area contributed by atoms with Gasteiger partial charge in [0, 0.05) is 5.56 Å². The van der Waals surface area contributed by atoms with Crippen LogP contribution in [0, 0.1) is 17.2 Å². The first-order valence-electron chi connectivity index (χ1n) is 7.90. The molecule has 0 atom stereocenters. The van der Waals surface area contributed by atoms with E-state index in [0.29, 0.717) is 40.4 Å². The molecule has 0 aliphatic carbocycles. The molecule has 1 aromatic heterocycles. The van der Waals surface area contributed by atoms with Crippen molar-refractivity contribution < 1.29 is 9.47 Å². The lowest BCUT2D eigenvalue weighted by Gasteiger charge is -2.16. The summed E-state index contributed by atoms with van der Waals surface area (Å²) in [7, 11) is 1.55. The fourth-order valence-electron chi connectivity index (χ4n) is 2.26. The number of thioether (sulfide) groups is 1. The quantitative estimate of drug-likeness (QED) is 0.601. The number of H-pyrrole nitrogens is 1. The first-order valence-corrected chi connectivity index (χ1v) is 9.12. The van der Waals surface area contributed by atoms with Crippen LogP contribution in [0.15, 0.2) is 28.2 Å². The van der Waals surface area contributed by atoms with Crippen LogP contribution in [0.2, 0.25) is 0 Å². The smallest absolute Gasteiger partial charge is 0.270 e. The lowest BCUT2D eigenvalue weighted by molar-refractivity contribution is 0.274. The second-order valence-electron chi connectivity index (χ2n) is 5.78. The van der Waals surface area contributed by atoms with Gasteiger partial charge in [-0.1, -0.05) is 31.7 Å². The molecule has 6 nitrogen and oxygen atoms in total. The van der Waals surface area contributed by atoms with Crippen molar-refractivity contribution in [2.75, 3.05) is 20.0 Å². The summed E-state index contributed by atoms with van der Waals surface area (Å²) in [4.78, 5) is 19.2. The summed E-state index contributed by atoms with van der Waals surface area (Å²) in [5, 5.41) is 9.84. The number of rotatable bonds is 7. The highest BCUT2D eigenvalue weighted by Crippen LogP contribution is 2.38. The van der Waals surface area contributed by atoms with Crippen LogP contribution < -0.4 is 15.0 Å². The van der Waals surface area contributed by atoms with Crippen molar-refractivity contribution in [2.24, 2.45) is 5.92 Å². The monoisotopic (exact) mass is 359 g/mol. The average molecular weight is 359 g/mol. The minimum atomic E-state index is -0.465. The Morgan fingerprint density at radius 2 is 2.16 bits per heavy atom. The predicted molar refractivity (Wildman–Crippen MR) is 98.3 cm³/mol. The molecule has 0 unspecified atom stereocenters. The molecule has 0 aliphatic rings. The zero-order valence-electron chi connectivity index (χ0n) is 14.8. The van der Waals surface area contributed by atoms with E-state index in [1.165, 1.54) is 11.8 Å². The maximum Gasteiger partial charge on any atom is 0.270 e. The van der Waals surface area contributed by atoms with Crippen molar-refractivity contribution in [3.05, 3.63) is 34.1 Å². The summed E-state index contributed by atoms with van der Waals surface area (Å²) in [5.41, 5.74) is 0.364. The van der Waals surface area contributed by atoms with Gasteiger partial charge in [0.05, 0.1) is 13.7 Å². The summed E-state index contributed by atoms with van der Waals surface area (Å²) in [5.74, 6) is 1.53. The van der Waals surface area contributed by atoms with Gasteiger partial charge in [-0.2, -0.15) is 5.26 Å². The van der Waals surface area contributed by atoms with Crippen molar-refractivity contribution in [3.8, 4) is 28.8 Å². The van der Waals surface area contributed by atoms with E-state index in [9.17, 15) is 10.1 Å². The van der Waals surface area contributed by atoms with Gasteiger partial charge in [-0.25, -0.2) is 4.98 Å². The van der Waals surface area contributed by atoms with Gasteiger partial charge in [0.1, 0.15) is 17.3 Å². The van der Waals surface area contributed by atoms with Crippen molar-refractivity contribution in [2.45, 2.75) is 25.4 Å². The lowest BCUT2D eigenvalue weighted by atomic mass is 10.1. The van der Waals surface area contributed by atoms with Gasteiger partial charge >= 0.3 is 0 Å². The molecule has 7 heteroatoms. The van der Waals surface area contributed by atoms with Crippen LogP contribution in [-0.2, 0) is 0 Å². The third-order valence-corrected chi connectivity index (χ3v) is 4.18. The SMILES string of the molecule is COc1cccc(-c2nc(SC)[nH]c(=O)c2C#N)c1OCCC(C)C. The number of nitrogens with one attached hydrogen (secondary N) is 1. The van der Waals surface area contributed by atoms with Gasteiger partial charge in [0.2, 0.25) is 0 Å². The minimum absolute atomic E-state index is 0.0419. The molecule has 1 N–H and O–H groups in total. The number of nitriles is 1. The molecule has 0 saturated carbocycles. The number of aromatic nitrogens is 2. The van der Waals surface area contributed by atoms with Crippen molar-refractivity contribution >= 4 is 11.8 Å². The number of hydrogen-bond donors (Lipinski definition) is 1. The zero-order valence-corrected chi connectivity index (χ0v) is 15.6. The van der Waals surface area contributed by atoms with Crippen LogP contribution in [0.25, 0.3) is 11.3 Å². The van der Waals surface area contributed by atoms with Crippen LogP contribution in [0.1, 0.15) is 25.8 Å². The topological polar surface area (TPSA) is 88.0 Å². The first kappa shape index (κ1) is 18.9. The highest BCUT2D eigenvalue weighted by atomic mass is 32.2. The third-order valence-electron chi connectivity index (χ3n) is 3.60. The van der Waals surface area contributed by atoms with Crippen molar-refractivity contribution in [3.63, 3.8) is 0 Å². The molecule has 0 aliphatic heterocycles. The number of hydrogen-bond acceptors (Lipinski definition) is 6. The van der Waals surface area contributed by atoms with E-state index >= 15 is 0 Å². The Morgan fingerprint density at radius 3 is 2.76 bits per heavy atom. The van der Waals surface area contributed by atoms with E-state index < -0.39 is 5.56 Å². The Morgan fingerprint density at radius 1 is 1.40 bits per heavy atom. The van der Waals surface area contributed by atoms with Crippen LogP contribution in [0.5, 0.6) is 11.5 Å². The van der Waals surface area contributed by atoms with Gasteiger partial charge in [-0.15, -0.1) is 0 Å². The molecule has 0 bridgehead atoms. The number of ether oxygens (including phenoxy) is 2. The Balaban J connectivity index is 2.61. The van der Waals surface area contributed by atoms with Crippen molar-refractivity contribution in [1.82, 2.24) is 9.97 Å². The Kier molecular flexibility index (Phi) is 6.48. The molecule has 2 rings (SSSR count). The average Bonchev–Trinajstić information content (AvgIpc) is 2.60. The number of methoxy groups -OCH3 is 1. The molecular formula is C18H21N3O3S. The molecule has 0 fully saturated rings. The summed E-state index contributed by atoms with van der Waals surface area (Å²) in [6.07, 6.45) is 2.68. The lowest BCUT2D eigenvalue weighted by Crippen LogP contribution is -2.15. The van der Waals surface area contributed by atoms with Crippen LogP contribution >= 0.6 is 11.8 Å². The molecule has 0 spiro atoms. The molecule has 1 heterocycles. The molecule has 1 aromatic carbocycles. The van der Waals surface area contributed by atoms with Gasteiger partial charge in [0.15, 0.2) is 16.7 Å². The van der Waals surface area contributed by atoms with E-state index in [0.717, 1.165) is 6.42 Å². The van der Waals surface area contributed by atoms with Crippen molar-refractivity contribution in [1.29, 1.82) is 5.26 Å². The fourth-order valence-corrected chi connectivity index (χ4v) is 2.63. The number of nitrogens with zero attached hydrogens (tertiary/aromatic N) is 2. The van der Waals surface area contributed by atoms with Crippen LogP contribution in [-0.4, -0.2) is 29.9 Å². The minimum Gasteiger partial charge on any atom is -0.493 e. The Labute approximate surface area is 151 Å². The number of para-hydroxylation sites is 1.